The number of tetrazole rings is 1. The SMILES string of the molecule is C=CCn1nnc(-c2ccc(C#CCO[C@@]3(C)[C][C@@H](C)C(=O)[C@](C)(F)C(=O)O[C@H](CC)[C@@]4(C)OC(=O)N[C@@H]4[C@@H](C)C(=O)[C@H](C)C3)s2)n1. The Bertz CT molecular complexity index is 1590. The van der Waals surface area contributed by atoms with Crippen molar-refractivity contribution < 1.29 is 37.8 Å². The van der Waals surface area contributed by atoms with Crippen LogP contribution in [0.1, 0.15) is 66.2 Å². The monoisotopic (exact) mass is 669 g/mol. The van der Waals surface area contributed by atoms with Crippen molar-refractivity contribution in [2.24, 2.45) is 17.8 Å². The minimum absolute atomic E-state index is 0.0630. The first kappa shape index (κ1) is 35.9. The third-order valence-corrected chi connectivity index (χ3v) is 9.60. The number of nitrogens with one attached hydrogen (secondary N) is 1. The molecule has 0 aliphatic carbocycles. The van der Waals surface area contributed by atoms with Gasteiger partial charge in [0.2, 0.25) is 5.82 Å². The van der Waals surface area contributed by atoms with Crippen molar-refractivity contribution >= 4 is 35.0 Å². The molecule has 0 bridgehead atoms. The van der Waals surface area contributed by atoms with Crippen molar-refractivity contribution in [2.45, 2.75) is 96.9 Å². The van der Waals surface area contributed by atoms with E-state index in [1.54, 1.807) is 33.8 Å². The predicted octanol–water partition coefficient (Wildman–Crippen LogP) is 4.16. The van der Waals surface area contributed by atoms with E-state index in [9.17, 15) is 19.2 Å². The molecule has 0 spiro atoms. The predicted molar refractivity (Wildman–Crippen MR) is 169 cm³/mol. The Labute approximate surface area is 277 Å². The number of nitrogens with zero attached hydrogens (tertiary/aromatic N) is 4. The molecule has 4 rings (SSSR count). The number of allylic oxidation sites excluding steroid dienone is 1. The van der Waals surface area contributed by atoms with Crippen LogP contribution in [0, 0.1) is 36.0 Å². The Morgan fingerprint density at radius 1 is 1.23 bits per heavy atom. The van der Waals surface area contributed by atoms with Crippen molar-refractivity contribution in [2.75, 3.05) is 6.61 Å². The number of Topliss-reactive ketones (excluding diaryl/α,β-unsaturated/α-hetero) is 2. The average molecular weight is 670 g/mol. The number of esters is 1. The number of ether oxygens (including phenoxy) is 3. The zero-order chi connectivity index (χ0) is 34.7. The number of ketones is 2. The van der Waals surface area contributed by atoms with Crippen LogP contribution in [0.25, 0.3) is 10.7 Å². The molecule has 2 aromatic rings. The van der Waals surface area contributed by atoms with Crippen LogP contribution in [0.2, 0.25) is 0 Å². The standard InChI is InChI=1S/C33H40FN5O7S/c1-9-15-39-37-28(36-38-39)23-14-13-22(47-23)12-11-16-44-31(6)17-19(3)25(40)21(5)26-33(8,46-30(43)35-26)24(10-2)45-29(42)32(7,34)27(41)20(4)18-31/h9,13-14,19-21,24,26H,1,10,15-17H2,2-8H3,(H,35,43)/t19-,20-,21+,24-,26-,31-,32+,33-/m1/s1. The maximum Gasteiger partial charge on any atom is 0.408 e. The Morgan fingerprint density at radius 2 is 1.96 bits per heavy atom. The number of alkyl halides is 1. The lowest BCUT2D eigenvalue weighted by atomic mass is 9.74. The van der Waals surface area contributed by atoms with Gasteiger partial charge in [-0.2, -0.15) is 4.80 Å². The first-order valence-corrected chi connectivity index (χ1v) is 16.2. The fourth-order valence-corrected chi connectivity index (χ4v) is 6.97. The van der Waals surface area contributed by atoms with Crippen LogP contribution in [0.15, 0.2) is 24.8 Å². The lowest BCUT2D eigenvalue weighted by Crippen LogP contribution is -2.58. The maximum atomic E-state index is 15.9. The third kappa shape index (κ3) is 7.62. The number of rotatable bonds is 6. The Kier molecular flexibility index (Phi) is 10.7. The number of alkyl carbamates (subject to hydrolysis) is 1. The summed E-state index contributed by atoms with van der Waals surface area (Å²) in [6.45, 7) is 14.4. The van der Waals surface area contributed by atoms with Gasteiger partial charge in [0.05, 0.1) is 27.9 Å². The van der Waals surface area contributed by atoms with Gasteiger partial charge in [-0.15, -0.1) is 28.1 Å². The molecule has 2 aromatic heterocycles. The van der Waals surface area contributed by atoms with E-state index in [1.165, 1.54) is 30.0 Å². The second kappa shape index (κ2) is 14.0. The maximum absolute atomic E-state index is 15.9. The zero-order valence-corrected chi connectivity index (χ0v) is 28.4. The fraction of sp³-hybridized carbons (Fsp3) is 0.576. The van der Waals surface area contributed by atoms with Crippen LogP contribution < -0.4 is 5.32 Å². The van der Waals surface area contributed by atoms with Crippen LogP contribution in [0.3, 0.4) is 0 Å². The molecule has 14 heteroatoms. The zero-order valence-electron chi connectivity index (χ0n) is 27.6. The normalized spacial score (nSPS) is 33.5. The van der Waals surface area contributed by atoms with Gasteiger partial charge in [0.15, 0.2) is 11.4 Å². The molecule has 8 atom stereocenters. The summed E-state index contributed by atoms with van der Waals surface area (Å²) < 4.78 is 33.1. The number of aromatic nitrogens is 4. The molecule has 2 radical (unpaired) electrons. The number of carbonyl (C=O) groups excluding carboxylic acids is 4. The molecule has 2 saturated heterocycles. The quantitative estimate of drug-likeness (QED) is 0.205. The van der Waals surface area contributed by atoms with Gasteiger partial charge in [-0.1, -0.05) is 45.6 Å². The fourth-order valence-electron chi connectivity index (χ4n) is 6.16. The smallest absolute Gasteiger partial charge is 0.408 e. The highest BCUT2D eigenvalue weighted by atomic mass is 32.1. The lowest BCUT2D eigenvalue weighted by Gasteiger charge is -2.40. The number of halogens is 1. The van der Waals surface area contributed by atoms with Crippen LogP contribution in [0.5, 0.6) is 0 Å². The number of hydrogen-bond donors (Lipinski definition) is 1. The summed E-state index contributed by atoms with van der Waals surface area (Å²) in [4.78, 5) is 55.6. The first-order valence-electron chi connectivity index (χ1n) is 15.4. The highest BCUT2D eigenvalue weighted by molar-refractivity contribution is 7.15. The minimum atomic E-state index is -3.04. The summed E-state index contributed by atoms with van der Waals surface area (Å²) in [5, 5.41) is 15.0. The van der Waals surface area contributed by atoms with Crippen LogP contribution >= 0.6 is 11.3 Å². The van der Waals surface area contributed by atoms with Crippen LogP contribution in [-0.2, 0) is 35.1 Å². The molecule has 0 aromatic carbocycles. The summed E-state index contributed by atoms with van der Waals surface area (Å²) in [7, 11) is 0. The van der Waals surface area contributed by atoms with Crippen LogP contribution in [0.4, 0.5) is 9.18 Å². The van der Waals surface area contributed by atoms with Gasteiger partial charge in [-0.3, -0.25) is 9.59 Å². The molecule has 47 heavy (non-hydrogen) atoms. The van der Waals surface area contributed by atoms with Gasteiger partial charge in [-0.25, -0.2) is 14.0 Å². The number of thiophene rings is 1. The summed E-state index contributed by atoms with van der Waals surface area (Å²) in [6, 6.07) is 2.75. The molecule has 1 amide bonds. The summed E-state index contributed by atoms with van der Waals surface area (Å²) >= 11 is 1.37. The molecule has 2 fully saturated rings. The number of amides is 1. The first-order chi connectivity index (χ1) is 22.0. The summed E-state index contributed by atoms with van der Waals surface area (Å²) in [5.41, 5.74) is -5.90. The molecule has 252 valence electrons. The van der Waals surface area contributed by atoms with Crippen molar-refractivity contribution in [1.29, 1.82) is 0 Å². The molecule has 12 nitrogen and oxygen atoms in total. The van der Waals surface area contributed by atoms with E-state index in [1.807, 2.05) is 12.1 Å². The average Bonchev–Trinajstić information content (AvgIpc) is 3.75. The molecule has 4 heterocycles. The highest BCUT2D eigenvalue weighted by Crippen LogP contribution is 2.39. The van der Waals surface area contributed by atoms with E-state index < -0.39 is 64.6 Å². The van der Waals surface area contributed by atoms with E-state index in [4.69, 9.17) is 14.2 Å². The minimum Gasteiger partial charge on any atom is -0.455 e. The third-order valence-electron chi connectivity index (χ3n) is 8.60. The van der Waals surface area contributed by atoms with Gasteiger partial charge >= 0.3 is 12.1 Å². The van der Waals surface area contributed by atoms with Gasteiger partial charge in [0.25, 0.3) is 5.67 Å². The molecule has 2 aliphatic rings. The molecule has 0 unspecified atom stereocenters. The lowest BCUT2D eigenvalue weighted by molar-refractivity contribution is -0.179. The van der Waals surface area contributed by atoms with E-state index >= 15 is 4.39 Å². The van der Waals surface area contributed by atoms with Gasteiger partial charge in [0.1, 0.15) is 18.5 Å². The van der Waals surface area contributed by atoms with Crippen molar-refractivity contribution in [3.05, 3.63) is 36.1 Å². The Balaban J connectivity index is 1.58. The van der Waals surface area contributed by atoms with Gasteiger partial charge in [0, 0.05) is 24.2 Å². The number of cyclic esters (lactones) is 1. The molecular weight excluding hydrogens is 629 g/mol. The van der Waals surface area contributed by atoms with Crippen LogP contribution in [-0.4, -0.2) is 79.5 Å². The number of carbonyl (C=O) groups is 4. The van der Waals surface area contributed by atoms with Crippen molar-refractivity contribution in [1.82, 2.24) is 25.5 Å². The van der Waals surface area contributed by atoms with E-state index in [-0.39, 0.29) is 25.2 Å². The molecular formula is C33H40FN5O7S. The largest absolute Gasteiger partial charge is 0.455 e. The summed E-state index contributed by atoms with van der Waals surface area (Å²) in [6.07, 6.45) is 2.93. The highest BCUT2D eigenvalue weighted by Gasteiger charge is 2.57. The Hall–Kier alpha value is -3.96. The topological polar surface area (TPSA) is 152 Å². The van der Waals surface area contributed by atoms with E-state index in [0.717, 1.165) is 16.7 Å². The molecule has 2 aliphatic heterocycles. The second-order valence-corrected chi connectivity index (χ2v) is 13.6. The number of fused-ring (bicyclic) bond motifs is 1. The molecule has 1 N–H and O–H groups in total. The Morgan fingerprint density at radius 3 is 2.64 bits per heavy atom. The molecule has 0 saturated carbocycles. The van der Waals surface area contributed by atoms with Crippen molar-refractivity contribution in [3.8, 4) is 22.5 Å². The van der Waals surface area contributed by atoms with E-state index in [2.05, 4.69) is 45.6 Å². The van der Waals surface area contributed by atoms with Gasteiger partial charge < -0.3 is 19.5 Å². The van der Waals surface area contributed by atoms with E-state index in [0.29, 0.717) is 12.4 Å². The second-order valence-electron chi connectivity index (χ2n) is 12.5. The summed E-state index contributed by atoms with van der Waals surface area (Å²) in [5.74, 6) is 1.05. The number of hydrogen-bond acceptors (Lipinski definition) is 11. The van der Waals surface area contributed by atoms with Gasteiger partial charge in [-0.05, 0) is 51.0 Å². The van der Waals surface area contributed by atoms with Crippen molar-refractivity contribution in [3.63, 3.8) is 0 Å².